The van der Waals surface area contributed by atoms with Crippen molar-refractivity contribution >= 4 is 28.9 Å². The van der Waals surface area contributed by atoms with Crippen molar-refractivity contribution in [3.8, 4) is 0 Å². The third-order valence-electron chi connectivity index (χ3n) is 4.61. The summed E-state index contributed by atoms with van der Waals surface area (Å²) in [6.07, 6.45) is 2.85. The molecule has 2 N–H and O–H groups in total. The Kier molecular flexibility index (Phi) is 5.25. The van der Waals surface area contributed by atoms with Gasteiger partial charge < -0.3 is 14.5 Å². The fourth-order valence-corrected chi connectivity index (χ4v) is 3.14. The molecule has 1 aliphatic rings. The van der Waals surface area contributed by atoms with Gasteiger partial charge in [0.25, 0.3) is 5.91 Å². The van der Waals surface area contributed by atoms with Gasteiger partial charge in [-0.05, 0) is 32.8 Å². The number of carbonyl (C=O) groups excluding carboxylic acids is 3. The monoisotopic (exact) mass is 358 g/mol. The highest BCUT2D eigenvalue weighted by molar-refractivity contribution is 6.00. The average Bonchev–Trinajstić information content (AvgIpc) is 3.23. The van der Waals surface area contributed by atoms with Gasteiger partial charge in [-0.2, -0.15) is 0 Å². The minimum atomic E-state index is -1.12. The smallest absolute Gasteiger partial charge is 0.375 e. The van der Waals surface area contributed by atoms with Crippen molar-refractivity contribution < 1.29 is 23.5 Å². The Morgan fingerprint density at radius 1 is 1.19 bits per heavy atom. The summed E-state index contributed by atoms with van der Waals surface area (Å²) in [4.78, 5) is 36.2. The first kappa shape index (κ1) is 18.0. The number of ether oxygens (including phenoxy) is 1. The number of rotatable bonds is 4. The number of para-hydroxylation sites is 1. The molecule has 7 nitrogen and oxygen atoms in total. The summed E-state index contributed by atoms with van der Waals surface area (Å²) in [6.45, 7) is 3.16. The number of furan rings is 1. The molecule has 0 aliphatic heterocycles. The van der Waals surface area contributed by atoms with Crippen LogP contribution < -0.4 is 10.6 Å². The molecular formula is C19H22N2O5. The van der Waals surface area contributed by atoms with E-state index < -0.39 is 24.0 Å². The summed E-state index contributed by atoms with van der Waals surface area (Å²) in [7, 11) is 0. The van der Waals surface area contributed by atoms with Gasteiger partial charge in [-0.1, -0.05) is 31.0 Å². The number of amides is 3. The van der Waals surface area contributed by atoms with E-state index in [4.69, 9.17) is 9.15 Å². The molecular weight excluding hydrogens is 336 g/mol. The van der Waals surface area contributed by atoms with Crippen LogP contribution in [0.3, 0.4) is 0 Å². The molecule has 26 heavy (non-hydrogen) atoms. The topological polar surface area (TPSA) is 97.6 Å². The second kappa shape index (κ2) is 7.59. The number of esters is 1. The Morgan fingerprint density at radius 2 is 1.88 bits per heavy atom. The zero-order valence-corrected chi connectivity index (χ0v) is 14.8. The van der Waals surface area contributed by atoms with Gasteiger partial charge in [0.1, 0.15) is 5.58 Å². The highest BCUT2D eigenvalue weighted by atomic mass is 16.6. The van der Waals surface area contributed by atoms with E-state index in [1.165, 1.54) is 6.92 Å². The van der Waals surface area contributed by atoms with Crippen molar-refractivity contribution in [3.63, 3.8) is 0 Å². The number of imide groups is 1. The van der Waals surface area contributed by atoms with Gasteiger partial charge in [0.05, 0.1) is 0 Å². The number of carbonyl (C=O) groups is 3. The molecule has 1 saturated carbocycles. The lowest BCUT2D eigenvalue weighted by atomic mass is 10.1. The Balaban J connectivity index is 1.58. The highest BCUT2D eigenvalue weighted by Gasteiger charge is 2.26. The maximum Gasteiger partial charge on any atom is 0.375 e. The summed E-state index contributed by atoms with van der Waals surface area (Å²) < 4.78 is 10.7. The van der Waals surface area contributed by atoms with Crippen LogP contribution in [-0.2, 0) is 9.53 Å². The number of aryl methyl sites for hydroxylation is 1. The van der Waals surface area contributed by atoms with E-state index >= 15 is 0 Å². The van der Waals surface area contributed by atoms with Crippen LogP contribution in [0.15, 0.2) is 28.7 Å². The van der Waals surface area contributed by atoms with Gasteiger partial charge in [-0.15, -0.1) is 0 Å². The predicted molar refractivity (Wildman–Crippen MR) is 94.8 cm³/mol. The van der Waals surface area contributed by atoms with Crippen LogP contribution in [-0.4, -0.2) is 30.1 Å². The molecule has 1 aromatic heterocycles. The Hall–Kier alpha value is -2.83. The van der Waals surface area contributed by atoms with Gasteiger partial charge in [-0.3, -0.25) is 10.1 Å². The Bertz CT molecular complexity index is 836. The molecule has 0 bridgehead atoms. The fourth-order valence-electron chi connectivity index (χ4n) is 3.14. The van der Waals surface area contributed by atoms with Crippen LogP contribution >= 0.6 is 0 Å². The maximum absolute atomic E-state index is 12.3. The summed E-state index contributed by atoms with van der Waals surface area (Å²) in [5.41, 5.74) is 1.22. The summed E-state index contributed by atoms with van der Waals surface area (Å²) >= 11 is 0. The molecule has 1 heterocycles. The molecule has 3 amide bonds. The van der Waals surface area contributed by atoms with Crippen LogP contribution in [0.5, 0.6) is 0 Å². The van der Waals surface area contributed by atoms with Crippen molar-refractivity contribution in [2.75, 3.05) is 0 Å². The molecule has 138 valence electrons. The fraction of sp³-hybridized carbons (Fsp3) is 0.421. The Labute approximate surface area is 151 Å². The van der Waals surface area contributed by atoms with Crippen molar-refractivity contribution in [1.82, 2.24) is 10.6 Å². The average molecular weight is 358 g/mol. The molecule has 1 atom stereocenters. The van der Waals surface area contributed by atoms with Crippen molar-refractivity contribution in [1.29, 1.82) is 0 Å². The third kappa shape index (κ3) is 3.87. The van der Waals surface area contributed by atoms with Crippen molar-refractivity contribution in [2.24, 2.45) is 0 Å². The number of fused-ring (bicyclic) bond motifs is 1. The van der Waals surface area contributed by atoms with E-state index in [1.807, 2.05) is 12.1 Å². The molecule has 3 rings (SSSR count). The molecule has 2 aromatic rings. The van der Waals surface area contributed by atoms with Gasteiger partial charge in [0.2, 0.25) is 5.76 Å². The quantitative estimate of drug-likeness (QED) is 0.819. The lowest BCUT2D eigenvalue weighted by molar-refractivity contribution is -0.128. The number of nitrogens with one attached hydrogen (secondary N) is 2. The van der Waals surface area contributed by atoms with Crippen molar-refractivity contribution in [2.45, 2.75) is 51.7 Å². The zero-order chi connectivity index (χ0) is 18.7. The standard InChI is InChI=1S/C19H22N2O5/c1-11-14-9-5-6-10-15(14)26-16(11)18(23)25-12(2)17(22)21-19(24)20-13-7-3-4-8-13/h5-6,9-10,12-13H,3-4,7-8H2,1-2H3,(H2,20,21,22,24)/t12-/m0/s1. The normalized spacial score (nSPS) is 15.6. The second-order valence-electron chi connectivity index (χ2n) is 6.54. The molecule has 0 unspecified atom stereocenters. The largest absolute Gasteiger partial charge is 0.449 e. The molecule has 1 aromatic carbocycles. The molecule has 7 heteroatoms. The van der Waals surface area contributed by atoms with E-state index in [0.717, 1.165) is 31.1 Å². The number of urea groups is 1. The van der Waals surface area contributed by atoms with Crippen LogP contribution in [0.4, 0.5) is 4.79 Å². The molecule has 0 saturated heterocycles. The van der Waals surface area contributed by atoms with E-state index in [0.29, 0.717) is 11.1 Å². The van der Waals surface area contributed by atoms with Crippen LogP contribution in [0.1, 0.15) is 48.7 Å². The summed E-state index contributed by atoms with van der Waals surface area (Å²) in [5, 5.41) is 5.77. The highest BCUT2D eigenvalue weighted by Crippen LogP contribution is 2.25. The maximum atomic E-state index is 12.3. The first-order valence-corrected chi connectivity index (χ1v) is 8.76. The third-order valence-corrected chi connectivity index (χ3v) is 4.61. The van der Waals surface area contributed by atoms with Crippen LogP contribution in [0, 0.1) is 6.92 Å². The second-order valence-corrected chi connectivity index (χ2v) is 6.54. The van der Waals surface area contributed by atoms with E-state index in [9.17, 15) is 14.4 Å². The van der Waals surface area contributed by atoms with Gasteiger partial charge in [-0.25, -0.2) is 9.59 Å². The number of benzene rings is 1. The SMILES string of the molecule is Cc1c(C(=O)O[C@@H](C)C(=O)NC(=O)NC2CCCC2)oc2ccccc12. The van der Waals surface area contributed by atoms with Crippen LogP contribution in [0.25, 0.3) is 11.0 Å². The first-order valence-electron chi connectivity index (χ1n) is 8.76. The van der Waals surface area contributed by atoms with Gasteiger partial charge in [0, 0.05) is 17.0 Å². The van der Waals surface area contributed by atoms with Crippen molar-refractivity contribution in [3.05, 3.63) is 35.6 Å². The number of hydrogen-bond donors (Lipinski definition) is 2. The predicted octanol–water partition coefficient (Wildman–Crippen LogP) is 3.05. The minimum absolute atomic E-state index is 0.0567. The molecule has 1 fully saturated rings. The van der Waals surface area contributed by atoms with Gasteiger partial charge >= 0.3 is 12.0 Å². The van der Waals surface area contributed by atoms with Gasteiger partial charge in [0.15, 0.2) is 6.10 Å². The van der Waals surface area contributed by atoms with E-state index in [2.05, 4.69) is 10.6 Å². The molecule has 0 radical (unpaired) electrons. The van der Waals surface area contributed by atoms with E-state index in [1.54, 1.807) is 19.1 Å². The first-order chi connectivity index (χ1) is 12.5. The lowest BCUT2D eigenvalue weighted by Crippen LogP contribution is -2.47. The Morgan fingerprint density at radius 3 is 2.58 bits per heavy atom. The van der Waals surface area contributed by atoms with E-state index in [-0.39, 0.29) is 11.8 Å². The molecule has 0 spiro atoms. The zero-order valence-electron chi connectivity index (χ0n) is 14.8. The lowest BCUT2D eigenvalue weighted by Gasteiger charge is -2.15. The molecule has 1 aliphatic carbocycles. The summed E-state index contributed by atoms with van der Waals surface area (Å²) in [5.74, 6) is -1.36. The minimum Gasteiger partial charge on any atom is -0.449 e. The number of hydrogen-bond acceptors (Lipinski definition) is 5. The van der Waals surface area contributed by atoms with Crippen LogP contribution in [0.2, 0.25) is 0 Å². The summed E-state index contributed by atoms with van der Waals surface area (Å²) in [6, 6.07) is 6.78.